The Balaban J connectivity index is 1.36. The molecule has 1 aliphatic carbocycles. The Hall–Kier alpha value is -4.19. The van der Waals surface area contributed by atoms with Gasteiger partial charge in [0.1, 0.15) is 18.4 Å². The van der Waals surface area contributed by atoms with Gasteiger partial charge in [-0.1, -0.05) is 17.7 Å². The summed E-state index contributed by atoms with van der Waals surface area (Å²) >= 11 is 6.62. The lowest BCUT2D eigenvalue weighted by atomic mass is 10.0. The highest BCUT2D eigenvalue weighted by molar-refractivity contribution is 6.32. The average Bonchev–Trinajstić information content (AvgIpc) is 3.79. The van der Waals surface area contributed by atoms with Crippen LogP contribution in [0.3, 0.4) is 0 Å². The summed E-state index contributed by atoms with van der Waals surface area (Å²) in [4.78, 5) is 23.7. The van der Waals surface area contributed by atoms with Crippen LogP contribution in [0.4, 0.5) is 17.1 Å². The molecule has 1 fully saturated rings. The SMILES string of the molecule is Cc1cc2ncc(C#N)c(Nc3ccc(OCc4ncccc4C4CC4)c(Cl)c3)c2cc1NC(=O)CCCN(C)C. The highest BCUT2D eigenvalue weighted by Gasteiger charge is 2.26. The number of carbonyl (C=O) groups excluding carboxylic acids is 1. The van der Waals surface area contributed by atoms with Crippen molar-refractivity contribution >= 4 is 45.5 Å². The van der Waals surface area contributed by atoms with E-state index in [-0.39, 0.29) is 5.91 Å². The highest BCUT2D eigenvalue weighted by atomic mass is 35.5. The number of fused-ring (bicyclic) bond motifs is 1. The number of pyridine rings is 2. The van der Waals surface area contributed by atoms with Crippen molar-refractivity contribution in [2.45, 2.75) is 45.1 Å². The first-order chi connectivity index (χ1) is 19.8. The average molecular weight is 569 g/mol. The largest absolute Gasteiger partial charge is 0.486 e. The van der Waals surface area contributed by atoms with Gasteiger partial charge in [-0.3, -0.25) is 14.8 Å². The molecular weight excluding hydrogens is 536 g/mol. The van der Waals surface area contributed by atoms with Gasteiger partial charge in [0.15, 0.2) is 0 Å². The molecular formula is C32H33ClN6O2. The number of halogens is 1. The summed E-state index contributed by atoms with van der Waals surface area (Å²) in [5.41, 5.74) is 6.14. The molecule has 2 heterocycles. The summed E-state index contributed by atoms with van der Waals surface area (Å²) < 4.78 is 6.04. The summed E-state index contributed by atoms with van der Waals surface area (Å²) in [7, 11) is 3.97. The molecule has 2 aromatic carbocycles. The lowest BCUT2D eigenvalue weighted by molar-refractivity contribution is -0.116. The number of amides is 1. The summed E-state index contributed by atoms with van der Waals surface area (Å²) in [6.45, 7) is 3.11. The fourth-order valence-corrected chi connectivity index (χ4v) is 5.02. The molecule has 9 heteroatoms. The van der Waals surface area contributed by atoms with Crippen LogP contribution in [0, 0.1) is 18.3 Å². The molecule has 0 bridgehead atoms. The molecule has 2 N–H and O–H groups in total. The normalized spacial score (nSPS) is 12.8. The maximum absolute atomic E-state index is 12.6. The van der Waals surface area contributed by atoms with Gasteiger partial charge >= 0.3 is 0 Å². The Morgan fingerprint density at radius 1 is 1.20 bits per heavy atom. The molecule has 1 aliphatic rings. The Morgan fingerprint density at radius 2 is 2.02 bits per heavy atom. The van der Waals surface area contributed by atoms with E-state index in [0.29, 0.717) is 57.9 Å². The predicted molar refractivity (Wildman–Crippen MR) is 163 cm³/mol. The lowest BCUT2D eigenvalue weighted by Gasteiger charge is -2.16. The van der Waals surface area contributed by atoms with Crippen molar-refractivity contribution in [1.29, 1.82) is 5.26 Å². The predicted octanol–water partition coefficient (Wildman–Crippen LogP) is 6.94. The molecule has 1 amide bonds. The van der Waals surface area contributed by atoms with Crippen LogP contribution < -0.4 is 15.4 Å². The summed E-state index contributed by atoms with van der Waals surface area (Å²) in [5.74, 6) is 1.08. The van der Waals surface area contributed by atoms with Gasteiger partial charge in [-0.2, -0.15) is 5.26 Å². The first-order valence-electron chi connectivity index (χ1n) is 13.7. The van der Waals surface area contributed by atoms with Gasteiger partial charge in [0.05, 0.1) is 27.5 Å². The second-order valence-electron chi connectivity index (χ2n) is 10.7. The molecule has 4 aromatic rings. The van der Waals surface area contributed by atoms with Gasteiger partial charge in [-0.05, 0) is 100 Å². The Kier molecular flexibility index (Phi) is 8.67. The standard InChI is InChI=1S/C32H33ClN6O2/c1-20-14-28-25(16-27(20)38-31(40)7-5-13-39(2)3)32(22(17-34)18-36-28)37-23-10-11-30(26(33)15-23)41-19-29-24(21-8-9-21)6-4-12-35-29/h4,6,10-12,14-16,18,21H,5,7-9,13,19H2,1-3H3,(H,36,37)(H,38,40). The number of aromatic nitrogens is 2. The number of nitrogens with zero attached hydrogens (tertiary/aromatic N) is 4. The molecule has 0 atom stereocenters. The molecule has 0 aliphatic heterocycles. The molecule has 1 saturated carbocycles. The fourth-order valence-electron chi connectivity index (χ4n) is 4.79. The minimum Gasteiger partial charge on any atom is -0.486 e. The number of rotatable bonds is 11. The quantitative estimate of drug-likeness (QED) is 0.202. The molecule has 0 unspecified atom stereocenters. The molecule has 210 valence electrons. The molecule has 8 nitrogen and oxygen atoms in total. The van der Waals surface area contributed by atoms with Crippen molar-refractivity contribution in [3.8, 4) is 11.8 Å². The Morgan fingerprint density at radius 3 is 2.76 bits per heavy atom. The second kappa shape index (κ2) is 12.5. The van der Waals surface area contributed by atoms with Crippen LogP contribution in [-0.2, 0) is 11.4 Å². The van der Waals surface area contributed by atoms with Gasteiger partial charge in [0, 0.05) is 35.6 Å². The van der Waals surface area contributed by atoms with Gasteiger partial charge < -0.3 is 20.3 Å². The van der Waals surface area contributed by atoms with Gasteiger partial charge in [-0.15, -0.1) is 0 Å². The third-order valence-electron chi connectivity index (χ3n) is 7.13. The number of hydrogen-bond donors (Lipinski definition) is 2. The van der Waals surface area contributed by atoms with E-state index in [4.69, 9.17) is 16.3 Å². The van der Waals surface area contributed by atoms with E-state index < -0.39 is 0 Å². The zero-order chi connectivity index (χ0) is 28.9. The third-order valence-corrected chi connectivity index (χ3v) is 7.42. The van der Waals surface area contributed by atoms with E-state index in [9.17, 15) is 10.1 Å². The maximum Gasteiger partial charge on any atom is 0.224 e. The number of anilines is 3. The fraction of sp³-hybridized carbons (Fsp3) is 0.312. The van der Waals surface area contributed by atoms with E-state index in [2.05, 4.69) is 37.6 Å². The minimum atomic E-state index is -0.0504. The van der Waals surface area contributed by atoms with Crippen molar-refractivity contribution in [3.63, 3.8) is 0 Å². The Labute approximate surface area is 245 Å². The smallest absolute Gasteiger partial charge is 0.224 e. The van der Waals surface area contributed by atoms with Crippen LogP contribution >= 0.6 is 11.6 Å². The molecule has 41 heavy (non-hydrogen) atoms. The second-order valence-corrected chi connectivity index (χ2v) is 11.1. The monoisotopic (exact) mass is 568 g/mol. The van der Waals surface area contributed by atoms with Gasteiger partial charge in [0.2, 0.25) is 5.91 Å². The van der Waals surface area contributed by atoms with Crippen molar-refractivity contribution in [2.75, 3.05) is 31.3 Å². The van der Waals surface area contributed by atoms with Crippen LogP contribution in [0.2, 0.25) is 5.02 Å². The van der Waals surface area contributed by atoms with Crippen molar-refractivity contribution < 1.29 is 9.53 Å². The van der Waals surface area contributed by atoms with Crippen molar-refractivity contribution in [1.82, 2.24) is 14.9 Å². The summed E-state index contributed by atoms with van der Waals surface area (Å²) in [6.07, 6.45) is 6.91. The molecule has 5 rings (SSSR count). The van der Waals surface area contributed by atoms with Crippen LogP contribution in [0.15, 0.2) is 54.9 Å². The molecule has 0 radical (unpaired) electrons. The number of ether oxygens (including phenoxy) is 1. The van der Waals surface area contributed by atoms with E-state index in [0.717, 1.165) is 29.6 Å². The zero-order valence-electron chi connectivity index (χ0n) is 23.5. The van der Waals surface area contributed by atoms with E-state index >= 15 is 0 Å². The van der Waals surface area contributed by atoms with Crippen LogP contribution in [0.1, 0.15) is 54.0 Å². The van der Waals surface area contributed by atoms with Gasteiger partial charge in [0.25, 0.3) is 0 Å². The molecule has 2 aromatic heterocycles. The van der Waals surface area contributed by atoms with Crippen LogP contribution in [0.25, 0.3) is 10.9 Å². The van der Waals surface area contributed by atoms with Crippen molar-refractivity contribution in [2.24, 2.45) is 0 Å². The molecule has 0 saturated heterocycles. The van der Waals surface area contributed by atoms with E-state index in [1.807, 2.05) is 51.4 Å². The number of benzene rings is 2. The molecule has 0 spiro atoms. The number of hydrogen-bond acceptors (Lipinski definition) is 7. The van der Waals surface area contributed by atoms with Crippen LogP contribution in [0.5, 0.6) is 5.75 Å². The van der Waals surface area contributed by atoms with Crippen molar-refractivity contribution in [3.05, 3.63) is 82.3 Å². The topological polar surface area (TPSA) is 103 Å². The Bertz CT molecular complexity index is 1630. The first-order valence-corrected chi connectivity index (χ1v) is 14.1. The minimum absolute atomic E-state index is 0.0504. The van der Waals surface area contributed by atoms with Gasteiger partial charge in [-0.25, -0.2) is 0 Å². The number of carbonyl (C=O) groups is 1. The number of nitrogens with one attached hydrogen (secondary N) is 2. The third kappa shape index (κ3) is 6.94. The number of nitriles is 1. The maximum atomic E-state index is 12.6. The van der Waals surface area contributed by atoms with E-state index in [1.165, 1.54) is 18.4 Å². The van der Waals surface area contributed by atoms with Crippen LogP contribution in [-0.4, -0.2) is 41.4 Å². The highest BCUT2D eigenvalue weighted by Crippen LogP contribution is 2.41. The zero-order valence-corrected chi connectivity index (χ0v) is 24.3. The summed E-state index contributed by atoms with van der Waals surface area (Å²) in [6, 6.07) is 15.5. The first kappa shape index (κ1) is 28.3. The van der Waals surface area contributed by atoms with E-state index in [1.54, 1.807) is 18.5 Å². The summed E-state index contributed by atoms with van der Waals surface area (Å²) in [5, 5.41) is 17.4. The number of aryl methyl sites for hydroxylation is 1. The lowest BCUT2D eigenvalue weighted by Crippen LogP contribution is -2.17.